The van der Waals surface area contributed by atoms with Crippen LogP contribution in [-0.4, -0.2) is 17.9 Å². The Kier molecular flexibility index (Phi) is 4.39. The molecule has 0 saturated heterocycles. The van der Waals surface area contributed by atoms with E-state index < -0.39 is 17.4 Å². The van der Waals surface area contributed by atoms with Gasteiger partial charge in [0.15, 0.2) is 0 Å². The maximum atomic E-state index is 13.4. The summed E-state index contributed by atoms with van der Waals surface area (Å²) in [6.07, 6.45) is -0.123. The Labute approximate surface area is 140 Å². The number of alkyl halides is 2. The number of hydrogen-bond acceptors (Lipinski definition) is 1. The molecule has 3 rings (SSSR count). The first-order valence-electron chi connectivity index (χ1n) is 8.22. The Balaban J connectivity index is 1.92. The number of benzene rings is 2. The monoisotopic (exact) mass is 329 g/mol. The van der Waals surface area contributed by atoms with Crippen molar-refractivity contribution in [1.29, 1.82) is 0 Å². The standard InChI is InChI=1S/C20H21F2NO/c1-19(15-8-4-2-5-9-15,16-10-6-3-7-11-16)18(24)23-17-12-13-20(21,22)14-17/h2-11,17H,12-14H2,1H3,(H,23,24). The summed E-state index contributed by atoms with van der Waals surface area (Å²) < 4.78 is 26.9. The molecule has 1 N–H and O–H groups in total. The number of nitrogens with one attached hydrogen (secondary N) is 1. The zero-order valence-corrected chi connectivity index (χ0v) is 13.6. The van der Waals surface area contributed by atoms with Crippen LogP contribution in [0.25, 0.3) is 0 Å². The summed E-state index contributed by atoms with van der Waals surface area (Å²) in [6, 6.07) is 18.4. The van der Waals surface area contributed by atoms with E-state index in [0.717, 1.165) is 11.1 Å². The Morgan fingerprint density at radius 1 is 1.04 bits per heavy atom. The number of rotatable bonds is 4. The molecule has 0 heterocycles. The maximum absolute atomic E-state index is 13.4. The van der Waals surface area contributed by atoms with Crippen LogP contribution < -0.4 is 5.32 Å². The fourth-order valence-corrected chi connectivity index (χ4v) is 3.37. The minimum absolute atomic E-state index is 0.161. The van der Waals surface area contributed by atoms with E-state index in [1.54, 1.807) is 0 Å². The van der Waals surface area contributed by atoms with Gasteiger partial charge in [0.1, 0.15) is 0 Å². The molecular formula is C20H21F2NO. The quantitative estimate of drug-likeness (QED) is 0.890. The fourth-order valence-electron chi connectivity index (χ4n) is 3.37. The molecular weight excluding hydrogens is 308 g/mol. The lowest BCUT2D eigenvalue weighted by molar-refractivity contribution is -0.125. The summed E-state index contributed by atoms with van der Waals surface area (Å²) in [7, 11) is 0. The van der Waals surface area contributed by atoms with Crippen molar-refractivity contribution in [2.24, 2.45) is 0 Å². The molecule has 2 aromatic rings. The molecule has 1 atom stereocenters. The summed E-state index contributed by atoms with van der Waals surface area (Å²) >= 11 is 0. The summed E-state index contributed by atoms with van der Waals surface area (Å²) in [5, 5.41) is 2.85. The van der Waals surface area contributed by atoms with Crippen molar-refractivity contribution in [2.45, 2.75) is 43.6 Å². The SMILES string of the molecule is CC(C(=O)NC1CCC(F)(F)C1)(c1ccccc1)c1ccccc1. The topological polar surface area (TPSA) is 29.1 Å². The molecule has 0 aromatic heterocycles. The predicted octanol–water partition coefficient (Wildman–Crippen LogP) is 4.30. The molecule has 1 saturated carbocycles. The average molecular weight is 329 g/mol. The van der Waals surface area contributed by atoms with Crippen LogP contribution in [0.3, 0.4) is 0 Å². The first kappa shape index (κ1) is 16.6. The van der Waals surface area contributed by atoms with Gasteiger partial charge in [-0.2, -0.15) is 0 Å². The van der Waals surface area contributed by atoms with Crippen molar-refractivity contribution in [3.8, 4) is 0 Å². The van der Waals surface area contributed by atoms with E-state index in [1.807, 2.05) is 67.6 Å². The molecule has 24 heavy (non-hydrogen) atoms. The average Bonchev–Trinajstić information content (AvgIpc) is 2.94. The van der Waals surface area contributed by atoms with E-state index in [1.165, 1.54) is 0 Å². The molecule has 0 aliphatic heterocycles. The van der Waals surface area contributed by atoms with Crippen LogP contribution in [-0.2, 0) is 10.2 Å². The van der Waals surface area contributed by atoms with E-state index in [4.69, 9.17) is 0 Å². The van der Waals surface area contributed by atoms with Gasteiger partial charge in [-0.25, -0.2) is 8.78 Å². The Morgan fingerprint density at radius 2 is 1.54 bits per heavy atom. The highest BCUT2D eigenvalue weighted by atomic mass is 19.3. The van der Waals surface area contributed by atoms with Gasteiger partial charge in [0.05, 0.1) is 5.41 Å². The summed E-state index contributed by atoms with van der Waals surface area (Å²) in [6.45, 7) is 1.85. The van der Waals surface area contributed by atoms with E-state index >= 15 is 0 Å². The molecule has 0 radical (unpaired) electrons. The number of carbonyl (C=O) groups excluding carboxylic acids is 1. The molecule has 126 valence electrons. The van der Waals surface area contributed by atoms with Gasteiger partial charge in [0.25, 0.3) is 0 Å². The van der Waals surface area contributed by atoms with E-state index in [0.29, 0.717) is 6.42 Å². The van der Waals surface area contributed by atoms with Gasteiger partial charge in [-0.05, 0) is 24.5 Å². The van der Waals surface area contributed by atoms with Gasteiger partial charge < -0.3 is 5.32 Å². The number of amides is 1. The van der Waals surface area contributed by atoms with Gasteiger partial charge in [-0.1, -0.05) is 60.7 Å². The van der Waals surface area contributed by atoms with Crippen molar-refractivity contribution in [1.82, 2.24) is 5.32 Å². The van der Waals surface area contributed by atoms with Gasteiger partial charge >= 0.3 is 0 Å². The third-order valence-corrected chi connectivity index (χ3v) is 4.90. The minimum atomic E-state index is -2.67. The van der Waals surface area contributed by atoms with Crippen LogP contribution in [0.2, 0.25) is 0 Å². The van der Waals surface area contributed by atoms with Gasteiger partial charge in [-0.3, -0.25) is 4.79 Å². The highest BCUT2D eigenvalue weighted by Gasteiger charge is 2.43. The second-order valence-electron chi connectivity index (χ2n) is 6.63. The zero-order chi connectivity index (χ0) is 17.2. The van der Waals surface area contributed by atoms with Crippen LogP contribution in [0.5, 0.6) is 0 Å². The third-order valence-electron chi connectivity index (χ3n) is 4.90. The predicted molar refractivity (Wildman–Crippen MR) is 90.1 cm³/mol. The third kappa shape index (κ3) is 3.18. The maximum Gasteiger partial charge on any atom is 0.250 e. The van der Waals surface area contributed by atoms with Crippen molar-refractivity contribution in [3.63, 3.8) is 0 Å². The van der Waals surface area contributed by atoms with Gasteiger partial charge in [0, 0.05) is 18.9 Å². The van der Waals surface area contributed by atoms with E-state index in [-0.39, 0.29) is 18.7 Å². The van der Waals surface area contributed by atoms with Gasteiger partial charge in [-0.15, -0.1) is 0 Å². The molecule has 1 amide bonds. The second kappa shape index (κ2) is 6.34. The molecule has 1 aliphatic rings. The smallest absolute Gasteiger partial charge is 0.250 e. The van der Waals surface area contributed by atoms with E-state index in [2.05, 4.69) is 5.32 Å². The summed E-state index contributed by atoms with van der Waals surface area (Å²) in [5.41, 5.74) is 0.775. The lowest BCUT2D eigenvalue weighted by atomic mass is 9.75. The Bertz CT molecular complexity index is 661. The van der Waals surface area contributed by atoms with Crippen LogP contribution >= 0.6 is 0 Å². The number of hydrogen-bond donors (Lipinski definition) is 1. The van der Waals surface area contributed by atoms with Crippen LogP contribution in [0, 0.1) is 0 Å². The summed E-state index contributed by atoms with van der Waals surface area (Å²) in [4.78, 5) is 13.1. The Hall–Kier alpha value is -2.23. The van der Waals surface area contributed by atoms with Crippen LogP contribution in [0.1, 0.15) is 37.3 Å². The molecule has 2 aromatic carbocycles. The lowest BCUT2D eigenvalue weighted by Crippen LogP contribution is -2.47. The lowest BCUT2D eigenvalue weighted by Gasteiger charge is -2.31. The fraction of sp³-hybridized carbons (Fsp3) is 0.350. The molecule has 1 fully saturated rings. The van der Waals surface area contributed by atoms with Crippen molar-refractivity contribution >= 4 is 5.91 Å². The Morgan fingerprint density at radius 3 is 1.96 bits per heavy atom. The molecule has 0 spiro atoms. The molecule has 1 unspecified atom stereocenters. The van der Waals surface area contributed by atoms with Crippen molar-refractivity contribution < 1.29 is 13.6 Å². The van der Waals surface area contributed by atoms with Crippen LogP contribution in [0.4, 0.5) is 8.78 Å². The molecule has 4 heteroatoms. The largest absolute Gasteiger partial charge is 0.352 e. The molecule has 1 aliphatic carbocycles. The summed E-state index contributed by atoms with van der Waals surface area (Å²) in [5.74, 6) is -2.91. The highest BCUT2D eigenvalue weighted by molar-refractivity contribution is 5.91. The van der Waals surface area contributed by atoms with E-state index in [9.17, 15) is 13.6 Å². The first-order valence-corrected chi connectivity index (χ1v) is 8.22. The second-order valence-corrected chi connectivity index (χ2v) is 6.63. The molecule has 0 bridgehead atoms. The van der Waals surface area contributed by atoms with Crippen molar-refractivity contribution in [2.75, 3.05) is 0 Å². The van der Waals surface area contributed by atoms with Gasteiger partial charge in [0.2, 0.25) is 11.8 Å². The van der Waals surface area contributed by atoms with Crippen LogP contribution in [0.15, 0.2) is 60.7 Å². The minimum Gasteiger partial charge on any atom is -0.352 e. The number of carbonyl (C=O) groups is 1. The highest BCUT2D eigenvalue weighted by Crippen LogP contribution is 2.37. The van der Waals surface area contributed by atoms with Crippen molar-refractivity contribution in [3.05, 3.63) is 71.8 Å². The number of halogens is 2. The first-order chi connectivity index (χ1) is 11.4. The normalized spacial score (nSPS) is 19.9. The molecule has 2 nitrogen and oxygen atoms in total. The zero-order valence-electron chi connectivity index (χ0n) is 13.6.